The van der Waals surface area contributed by atoms with Gasteiger partial charge in [-0.15, -0.1) is 5.56 Å². The molecule has 0 saturated heterocycles. The molecule has 0 fully saturated rings. The molecule has 0 bridgehead atoms. The topological polar surface area (TPSA) is 17.8 Å². The summed E-state index contributed by atoms with van der Waals surface area (Å²) in [5.41, 5.74) is 3.37. The molecule has 2 rings (SSSR count). The molecular formula is C13H15N2Y-. The smallest absolute Gasteiger partial charge is 0.0373 e. The molecule has 0 amide bonds. The van der Waals surface area contributed by atoms with Gasteiger partial charge in [0.15, 0.2) is 0 Å². The minimum Gasteiger partial charge on any atom is -0.276 e. The zero-order valence-electron chi connectivity index (χ0n) is 9.94. The normalized spacial score (nSPS) is 10.2. The van der Waals surface area contributed by atoms with Gasteiger partial charge >= 0.3 is 0 Å². The van der Waals surface area contributed by atoms with Gasteiger partial charge in [0.05, 0.1) is 0 Å². The van der Waals surface area contributed by atoms with Crippen molar-refractivity contribution >= 4 is 0 Å². The summed E-state index contributed by atoms with van der Waals surface area (Å²) < 4.78 is 1.81. The van der Waals surface area contributed by atoms with Crippen LogP contribution in [0.2, 0.25) is 0 Å². The fraction of sp³-hybridized carbons (Fsp3) is 0.308. The number of aromatic nitrogens is 2. The second-order valence-corrected chi connectivity index (χ2v) is 4.06. The first-order valence-corrected chi connectivity index (χ1v) is 5.18. The van der Waals surface area contributed by atoms with Gasteiger partial charge in [0.25, 0.3) is 0 Å². The molecule has 1 aromatic heterocycles. The summed E-state index contributed by atoms with van der Waals surface area (Å²) in [5.74, 6) is 0.530. The van der Waals surface area contributed by atoms with Crippen LogP contribution >= 0.6 is 0 Å². The number of rotatable bonds is 2. The number of hydrogen-bond acceptors (Lipinski definition) is 1. The van der Waals surface area contributed by atoms with Gasteiger partial charge in [-0.1, -0.05) is 13.8 Å². The van der Waals surface area contributed by atoms with E-state index in [4.69, 9.17) is 0 Å². The van der Waals surface area contributed by atoms with Crippen molar-refractivity contribution in [1.82, 2.24) is 9.78 Å². The summed E-state index contributed by atoms with van der Waals surface area (Å²) in [6.45, 7) is 4.35. The largest absolute Gasteiger partial charge is 0.276 e. The molecule has 0 spiro atoms. The number of benzene rings is 1. The third-order valence-corrected chi connectivity index (χ3v) is 2.47. The summed E-state index contributed by atoms with van der Waals surface area (Å²) in [4.78, 5) is 0. The van der Waals surface area contributed by atoms with Crippen LogP contribution in [0.1, 0.15) is 25.3 Å². The Bertz CT molecular complexity index is 443. The Kier molecular flexibility index (Phi) is 4.88. The first-order valence-electron chi connectivity index (χ1n) is 5.18. The van der Waals surface area contributed by atoms with Crippen LogP contribution in [0.25, 0.3) is 11.3 Å². The zero-order valence-corrected chi connectivity index (χ0v) is 12.8. The Labute approximate surface area is 122 Å². The first-order chi connectivity index (χ1) is 7.16. The molecule has 0 aliphatic carbocycles. The predicted molar refractivity (Wildman–Crippen MR) is 61.6 cm³/mol. The molecule has 3 heteroatoms. The van der Waals surface area contributed by atoms with Gasteiger partial charge in [-0.25, -0.2) is 0 Å². The Morgan fingerprint density at radius 2 is 2.00 bits per heavy atom. The maximum atomic E-state index is 4.35. The van der Waals surface area contributed by atoms with Crippen molar-refractivity contribution in [3.8, 4) is 11.3 Å². The first kappa shape index (κ1) is 13.6. The van der Waals surface area contributed by atoms with E-state index in [1.807, 2.05) is 30.1 Å². The van der Waals surface area contributed by atoms with E-state index in [9.17, 15) is 0 Å². The van der Waals surface area contributed by atoms with Gasteiger partial charge in [-0.3, -0.25) is 4.68 Å². The molecule has 0 unspecified atom stereocenters. The Morgan fingerprint density at radius 3 is 2.44 bits per heavy atom. The van der Waals surface area contributed by atoms with Gasteiger partial charge in [0.2, 0.25) is 0 Å². The van der Waals surface area contributed by atoms with E-state index in [-0.39, 0.29) is 32.7 Å². The molecule has 81 valence electrons. The molecule has 16 heavy (non-hydrogen) atoms. The van der Waals surface area contributed by atoms with E-state index in [1.54, 1.807) is 0 Å². The van der Waals surface area contributed by atoms with Crippen LogP contribution in [0.3, 0.4) is 0 Å². The van der Waals surface area contributed by atoms with Crippen LogP contribution in [-0.2, 0) is 39.8 Å². The monoisotopic (exact) mass is 288 g/mol. The van der Waals surface area contributed by atoms with Crippen molar-refractivity contribution in [1.29, 1.82) is 0 Å². The molecule has 0 N–H and O–H groups in total. The average molecular weight is 288 g/mol. The molecular weight excluding hydrogens is 273 g/mol. The quantitative estimate of drug-likeness (QED) is 0.777. The van der Waals surface area contributed by atoms with E-state index < -0.39 is 0 Å². The second kappa shape index (κ2) is 5.74. The van der Waals surface area contributed by atoms with Crippen molar-refractivity contribution in [2.24, 2.45) is 7.05 Å². The molecule has 1 heterocycles. The van der Waals surface area contributed by atoms with Crippen LogP contribution in [0.5, 0.6) is 0 Å². The van der Waals surface area contributed by atoms with Gasteiger partial charge < -0.3 is 0 Å². The maximum Gasteiger partial charge on any atom is 0.0373 e. The van der Waals surface area contributed by atoms with E-state index >= 15 is 0 Å². The Morgan fingerprint density at radius 1 is 1.25 bits per heavy atom. The van der Waals surface area contributed by atoms with Gasteiger partial charge in [-0.05, 0) is 12.0 Å². The van der Waals surface area contributed by atoms with Gasteiger partial charge in [0.1, 0.15) is 0 Å². The fourth-order valence-corrected chi connectivity index (χ4v) is 1.52. The summed E-state index contributed by atoms with van der Waals surface area (Å²) in [6.07, 6.45) is 1.95. The summed E-state index contributed by atoms with van der Waals surface area (Å²) in [7, 11) is 1.93. The third-order valence-electron chi connectivity index (χ3n) is 2.47. The minimum absolute atomic E-state index is 0. The molecule has 1 radical (unpaired) electrons. The van der Waals surface area contributed by atoms with Crippen LogP contribution < -0.4 is 0 Å². The zero-order chi connectivity index (χ0) is 10.8. The van der Waals surface area contributed by atoms with Crippen LogP contribution in [0.15, 0.2) is 30.5 Å². The van der Waals surface area contributed by atoms with Crippen molar-refractivity contribution in [3.05, 3.63) is 42.1 Å². The Hall–Kier alpha value is -0.466. The van der Waals surface area contributed by atoms with Gasteiger partial charge in [-0.2, -0.15) is 34.9 Å². The molecule has 2 aromatic rings. The summed E-state index contributed by atoms with van der Waals surface area (Å²) in [6, 6.07) is 11.5. The summed E-state index contributed by atoms with van der Waals surface area (Å²) in [5, 5.41) is 4.35. The molecule has 2 nitrogen and oxygen atoms in total. The van der Waals surface area contributed by atoms with E-state index in [2.05, 4.69) is 37.1 Å². The van der Waals surface area contributed by atoms with Crippen molar-refractivity contribution in [2.75, 3.05) is 0 Å². The van der Waals surface area contributed by atoms with E-state index in [0.29, 0.717) is 5.92 Å². The molecule has 0 aliphatic heterocycles. The molecule has 0 aliphatic rings. The van der Waals surface area contributed by atoms with Crippen LogP contribution in [-0.4, -0.2) is 9.78 Å². The Balaban J connectivity index is 0.00000128. The summed E-state index contributed by atoms with van der Waals surface area (Å²) >= 11 is 0. The van der Waals surface area contributed by atoms with Crippen molar-refractivity contribution in [3.63, 3.8) is 0 Å². The third kappa shape index (κ3) is 3.02. The molecule has 1 aromatic carbocycles. The SMILES string of the molecule is CC(C)c1[c-]cc(-c2ccn(C)n2)cc1.[Y]. The minimum atomic E-state index is 0. The van der Waals surface area contributed by atoms with Crippen molar-refractivity contribution in [2.45, 2.75) is 19.8 Å². The molecule has 0 saturated carbocycles. The average Bonchev–Trinajstić information content (AvgIpc) is 2.65. The van der Waals surface area contributed by atoms with Crippen LogP contribution in [0.4, 0.5) is 0 Å². The number of hydrogen-bond donors (Lipinski definition) is 0. The second-order valence-electron chi connectivity index (χ2n) is 4.06. The van der Waals surface area contributed by atoms with Crippen molar-refractivity contribution < 1.29 is 32.7 Å². The fourth-order valence-electron chi connectivity index (χ4n) is 1.52. The van der Waals surface area contributed by atoms with Gasteiger partial charge in [0, 0.05) is 51.6 Å². The standard InChI is InChI=1S/C13H15N2.Y/c1-10(2)11-4-6-12(7-5-11)13-8-9-15(3)14-13;/h4,6-10H,1-3H3;/q-1;. The van der Waals surface area contributed by atoms with Crippen LogP contribution in [0, 0.1) is 6.07 Å². The number of aryl methyl sites for hydroxylation is 1. The maximum absolute atomic E-state index is 4.35. The predicted octanol–water partition coefficient (Wildman–Crippen LogP) is 3.01. The molecule has 0 atom stereocenters. The van der Waals surface area contributed by atoms with E-state index in [1.165, 1.54) is 5.56 Å². The number of nitrogens with zero attached hydrogens (tertiary/aromatic N) is 2. The van der Waals surface area contributed by atoms with E-state index in [0.717, 1.165) is 11.3 Å².